The molecule has 0 atom stereocenters. The van der Waals surface area contributed by atoms with Gasteiger partial charge in [-0.2, -0.15) is 0 Å². The summed E-state index contributed by atoms with van der Waals surface area (Å²) in [5.74, 6) is 0. The van der Waals surface area contributed by atoms with Crippen molar-refractivity contribution in [3.63, 3.8) is 0 Å². The summed E-state index contributed by atoms with van der Waals surface area (Å²) in [7, 11) is 0. The maximum atomic E-state index is 6.89. The van der Waals surface area contributed by atoms with Gasteiger partial charge in [-0.3, -0.25) is 0 Å². The van der Waals surface area contributed by atoms with Crippen LogP contribution in [0, 0.1) is 0 Å². The molecule has 0 N–H and O–H groups in total. The summed E-state index contributed by atoms with van der Waals surface area (Å²) in [6.45, 7) is 0. The monoisotopic (exact) mass is 128 g/mol. The minimum atomic E-state index is -4.10. The van der Waals surface area contributed by atoms with Gasteiger partial charge in [-0.1, -0.05) is 0 Å². The molecular formula is C3H9Ge. The topological polar surface area (TPSA) is 0 Å². The molecule has 0 unspecified atom stereocenters. The van der Waals surface area contributed by atoms with Gasteiger partial charge in [0.05, 0.1) is 0 Å². The van der Waals surface area contributed by atoms with Crippen molar-refractivity contribution in [1.29, 1.82) is 0 Å². The molecule has 0 aromatic rings. The summed E-state index contributed by atoms with van der Waals surface area (Å²) >= 11 is -4.10. The first-order valence-electron chi connectivity index (χ1n) is 5.25. The Morgan fingerprint density at radius 2 is 2.00 bits per heavy atom. The van der Waals surface area contributed by atoms with E-state index in [0.717, 1.165) is 0 Å². The van der Waals surface area contributed by atoms with Gasteiger partial charge < -0.3 is 0 Å². The second kappa shape index (κ2) is 1.83. The third-order valence-corrected chi connectivity index (χ3v) is 0. The molecule has 1 radical (unpaired) electrons. The molecule has 0 spiro atoms. The van der Waals surface area contributed by atoms with E-state index in [1.807, 2.05) is 0 Å². The Morgan fingerprint density at radius 1 is 1.50 bits per heavy atom. The van der Waals surface area contributed by atoms with Gasteiger partial charge >= 0.3 is 43.7 Å². The zero-order valence-corrected chi connectivity index (χ0v) is 4.10. The molecule has 1 heteroatoms. The van der Waals surface area contributed by atoms with Crippen LogP contribution >= 0.6 is 0 Å². The van der Waals surface area contributed by atoms with Crippen LogP contribution < -0.4 is 0 Å². The SMILES string of the molecule is [2H][C]([2H])([2H])[Ge]([C]([2H])([2H])[2H])[C]([2H])([2H])[2H]. The van der Waals surface area contributed by atoms with E-state index in [-0.39, 0.29) is 0 Å². The molecule has 0 bridgehead atoms. The molecule has 0 aromatic carbocycles. The summed E-state index contributed by atoms with van der Waals surface area (Å²) < 4.78 is 62.0. The fourth-order valence-electron chi connectivity index (χ4n) is 0. The molecule has 0 heterocycles. The van der Waals surface area contributed by atoms with Crippen molar-refractivity contribution in [2.24, 2.45) is 0 Å². The van der Waals surface area contributed by atoms with Gasteiger partial charge in [0.2, 0.25) is 0 Å². The van der Waals surface area contributed by atoms with Gasteiger partial charge in [-0.15, -0.1) is 0 Å². The van der Waals surface area contributed by atoms with E-state index in [9.17, 15) is 0 Å². The average molecular weight is 127 g/mol. The molecule has 0 saturated carbocycles. The molecule has 0 aliphatic carbocycles. The Balaban J connectivity index is 5.02. The summed E-state index contributed by atoms with van der Waals surface area (Å²) in [4.78, 5) is 0. The normalized spacial score (nSPS) is 51.8. The predicted octanol–water partition coefficient (Wildman–Crippen LogP) is 1.37. The molecule has 0 aliphatic heterocycles. The molecule has 0 aliphatic rings. The summed E-state index contributed by atoms with van der Waals surface area (Å²) in [6.07, 6.45) is 0. The van der Waals surface area contributed by atoms with Crippen LogP contribution in [0.15, 0.2) is 0 Å². The van der Waals surface area contributed by atoms with E-state index in [0.29, 0.717) is 0 Å². The van der Waals surface area contributed by atoms with Crippen LogP contribution in [0.3, 0.4) is 0 Å². The van der Waals surface area contributed by atoms with Crippen LogP contribution in [0.1, 0.15) is 12.3 Å². The summed E-state index contributed by atoms with van der Waals surface area (Å²) in [5, 5.41) is 0. The molecule has 0 saturated heterocycles. The third kappa shape index (κ3) is 20.5. The average Bonchev–Trinajstić information content (AvgIpc) is 1.44. The Labute approximate surface area is 45.0 Å². The predicted molar refractivity (Wildman–Crippen MR) is 23.3 cm³/mol. The van der Waals surface area contributed by atoms with Gasteiger partial charge in [0, 0.05) is 0 Å². The first kappa shape index (κ1) is 0.362. The molecule has 25 valence electrons. The van der Waals surface area contributed by atoms with Crippen molar-refractivity contribution in [2.45, 2.75) is 17.1 Å². The maximum absolute atomic E-state index is 6.89. The quantitative estimate of drug-likeness (QED) is 0.431. The first-order chi connectivity index (χ1) is 5.37. The standard InChI is InChI=1S/C3H9Ge/c1-4(2)3/h1-3H3/i1D3,2D3,3D3. The van der Waals surface area contributed by atoms with E-state index >= 15 is 0 Å². The van der Waals surface area contributed by atoms with Crippen LogP contribution in [-0.2, 0) is 0 Å². The van der Waals surface area contributed by atoms with E-state index in [1.54, 1.807) is 0 Å². The van der Waals surface area contributed by atoms with Crippen LogP contribution in [-0.4, -0.2) is 14.3 Å². The van der Waals surface area contributed by atoms with E-state index in [4.69, 9.17) is 12.3 Å². The van der Waals surface area contributed by atoms with Crippen LogP contribution in [0.4, 0.5) is 0 Å². The summed E-state index contributed by atoms with van der Waals surface area (Å²) in [6, 6.07) is 0. The Hall–Kier alpha value is 0.543. The van der Waals surface area contributed by atoms with Crippen LogP contribution in [0.5, 0.6) is 0 Å². The zero-order chi connectivity index (χ0) is 11.1. The number of hydrogen-bond donors (Lipinski definition) is 0. The van der Waals surface area contributed by atoms with Gasteiger partial charge in [0.25, 0.3) is 0 Å². The van der Waals surface area contributed by atoms with Crippen molar-refractivity contribution < 1.29 is 12.3 Å². The second-order valence-electron chi connectivity index (χ2n) is 0.375. The molecule has 4 heavy (non-hydrogen) atoms. The fraction of sp³-hybridized carbons (Fsp3) is 1.00. The van der Waals surface area contributed by atoms with Crippen molar-refractivity contribution >= 4 is 14.3 Å². The van der Waals surface area contributed by atoms with Crippen molar-refractivity contribution in [1.82, 2.24) is 0 Å². The van der Waals surface area contributed by atoms with E-state index in [2.05, 4.69) is 0 Å². The van der Waals surface area contributed by atoms with Gasteiger partial charge in [-0.05, 0) is 0 Å². The first-order valence-corrected chi connectivity index (χ1v) is 3.90. The summed E-state index contributed by atoms with van der Waals surface area (Å²) in [5.41, 5.74) is -8.47. The van der Waals surface area contributed by atoms with Crippen molar-refractivity contribution in [3.8, 4) is 0 Å². The Bertz CT molecular complexity index is 137. The molecule has 0 aromatic heterocycles. The fourth-order valence-corrected chi connectivity index (χ4v) is 0. The minimum absolute atomic E-state index is 2.82. The van der Waals surface area contributed by atoms with E-state index in [1.165, 1.54) is 0 Å². The van der Waals surface area contributed by atoms with Crippen molar-refractivity contribution in [3.05, 3.63) is 0 Å². The van der Waals surface area contributed by atoms with Crippen LogP contribution in [0.2, 0.25) is 17.1 Å². The molecule has 0 rings (SSSR count). The van der Waals surface area contributed by atoms with E-state index < -0.39 is 31.4 Å². The number of hydrogen-bond acceptors (Lipinski definition) is 0. The van der Waals surface area contributed by atoms with Crippen LogP contribution in [0.25, 0.3) is 0 Å². The Kier molecular flexibility index (Phi) is 0.165. The molecular weight excluding hydrogens is 109 g/mol. The molecule has 0 amide bonds. The number of rotatable bonds is 0. The van der Waals surface area contributed by atoms with Gasteiger partial charge in [0.15, 0.2) is 0 Å². The van der Waals surface area contributed by atoms with Gasteiger partial charge in [-0.25, -0.2) is 0 Å². The van der Waals surface area contributed by atoms with Gasteiger partial charge in [0.1, 0.15) is 0 Å². The van der Waals surface area contributed by atoms with Crippen molar-refractivity contribution in [2.75, 3.05) is 0 Å². The molecule has 0 nitrogen and oxygen atoms in total. The zero-order valence-electron chi connectivity index (χ0n) is 11.0. The Morgan fingerprint density at radius 3 is 2.00 bits per heavy atom. The molecule has 0 fully saturated rings. The third-order valence-electron chi connectivity index (χ3n) is 0. The second-order valence-corrected chi connectivity index (χ2v) is 1.95.